The van der Waals surface area contributed by atoms with Crippen LogP contribution in [-0.2, 0) is 14.3 Å². The van der Waals surface area contributed by atoms with E-state index in [1.807, 2.05) is 6.92 Å². The van der Waals surface area contributed by atoms with E-state index >= 15 is 0 Å². The van der Waals surface area contributed by atoms with Gasteiger partial charge in [-0.2, -0.15) is 8.42 Å². The molecule has 0 fully saturated rings. The molecule has 3 aromatic rings. The molecule has 4 nitrogen and oxygen atoms in total. The van der Waals surface area contributed by atoms with Crippen molar-refractivity contribution in [2.45, 2.75) is 32.4 Å². The van der Waals surface area contributed by atoms with Crippen LogP contribution in [0, 0.1) is 0 Å². The van der Waals surface area contributed by atoms with Gasteiger partial charge in [-0.3, -0.25) is 4.18 Å². The summed E-state index contributed by atoms with van der Waals surface area (Å²) in [6.07, 6.45) is 0.728. The number of hydrogen-bond donors (Lipinski definition) is 1. The molecule has 116 valence electrons. The summed E-state index contributed by atoms with van der Waals surface area (Å²) in [6, 6.07) is 4.31. The first kappa shape index (κ1) is 16.5. The third-order valence-electron chi connectivity index (χ3n) is 2.85. The van der Waals surface area contributed by atoms with Crippen LogP contribution in [0.2, 0.25) is 0 Å². The molecule has 0 radical (unpaired) electrons. The Bertz CT molecular complexity index is 751. The molecule has 0 aromatic carbocycles. The van der Waals surface area contributed by atoms with Crippen molar-refractivity contribution in [3.63, 3.8) is 0 Å². The van der Waals surface area contributed by atoms with Gasteiger partial charge in [0.15, 0.2) is 0 Å². The van der Waals surface area contributed by atoms with Crippen LogP contribution in [0.1, 0.15) is 27.2 Å². The van der Waals surface area contributed by atoms with E-state index in [1.54, 1.807) is 36.5 Å². The van der Waals surface area contributed by atoms with Gasteiger partial charge in [-0.05, 0) is 43.2 Å². The maximum atomic E-state index is 10.9. The van der Waals surface area contributed by atoms with Crippen molar-refractivity contribution in [1.82, 2.24) is 4.98 Å². The Morgan fingerprint density at radius 3 is 2.62 bits per heavy atom. The molecule has 0 spiro atoms. The van der Waals surface area contributed by atoms with Crippen molar-refractivity contribution in [2.75, 3.05) is 6.61 Å². The first-order chi connectivity index (χ1) is 9.95. The Hall–Kier alpha value is -0.890. The second-order valence-electron chi connectivity index (χ2n) is 4.82. The average Bonchev–Trinajstić information content (AvgIpc) is 3.09. The van der Waals surface area contributed by atoms with Crippen LogP contribution in [0.3, 0.4) is 0 Å². The van der Waals surface area contributed by atoms with Crippen LogP contribution in [0.4, 0.5) is 0 Å². The Morgan fingerprint density at radius 2 is 1.95 bits per heavy atom. The third-order valence-corrected chi connectivity index (χ3v) is 6.28. The summed E-state index contributed by atoms with van der Waals surface area (Å²) >= 11 is 3.57. The SMILES string of the molecule is CCCOS(=O)(=O)C(C)C.c1cc2c([nH]c3ccsc32)s1. The molecule has 0 aliphatic carbocycles. The molecule has 0 aliphatic rings. The summed E-state index contributed by atoms with van der Waals surface area (Å²) < 4.78 is 27.7. The normalized spacial score (nSPS) is 12.0. The number of thiophene rings is 2. The highest BCUT2D eigenvalue weighted by Gasteiger charge is 2.15. The fourth-order valence-corrected chi connectivity index (χ4v) is 4.08. The fraction of sp³-hybridized carbons (Fsp3) is 0.429. The minimum absolute atomic E-state index is 0.292. The van der Waals surface area contributed by atoms with E-state index in [9.17, 15) is 8.42 Å². The first-order valence-corrected chi connectivity index (χ1v) is 9.99. The second kappa shape index (κ2) is 6.91. The van der Waals surface area contributed by atoms with Crippen LogP contribution in [0.25, 0.3) is 20.4 Å². The number of aromatic nitrogens is 1. The zero-order valence-corrected chi connectivity index (χ0v) is 14.7. The molecule has 0 amide bonds. The molecule has 1 N–H and O–H groups in total. The molecule has 7 heteroatoms. The van der Waals surface area contributed by atoms with Crippen LogP contribution in [0.5, 0.6) is 0 Å². The van der Waals surface area contributed by atoms with Crippen LogP contribution in [0.15, 0.2) is 22.9 Å². The van der Waals surface area contributed by atoms with Gasteiger partial charge in [-0.25, -0.2) is 0 Å². The zero-order chi connectivity index (χ0) is 15.5. The number of hydrogen-bond acceptors (Lipinski definition) is 5. The first-order valence-electron chi connectivity index (χ1n) is 6.76. The Kier molecular flexibility index (Phi) is 5.43. The van der Waals surface area contributed by atoms with E-state index < -0.39 is 15.4 Å². The van der Waals surface area contributed by atoms with Gasteiger partial charge in [-0.15, -0.1) is 22.7 Å². The molecule has 3 rings (SSSR count). The maximum absolute atomic E-state index is 10.9. The van der Waals surface area contributed by atoms with Crippen LogP contribution < -0.4 is 0 Å². The quantitative estimate of drug-likeness (QED) is 0.703. The van der Waals surface area contributed by atoms with Gasteiger partial charge in [0.05, 0.1) is 22.1 Å². The molecule has 0 unspecified atom stereocenters. The summed E-state index contributed by atoms with van der Waals surface area (Å²) in [5.41, 5.74) is 1.27. The average molecular weight is 346 g/mol. The standard InChI is InChI=1S/C8H5NS2.C6H14O3S/c1-3-11-8-5(1)7-6(9-8)2-4-10-7;1-4-5-9-10(7,8)6(2)3/h1-4,9H;6H,4-5H2,1-3H3. The van der Waals surface area contributed by atoms with Gasteiger partial charge in [0, 0.05) is 5.39 Å². The van der Waals surface area contributed by atoms with Crippen molar-refractivity contribution in [3.8, 4) is 0 Å². The Morgan fingerprint density at radius 1 is 1.24 bits per heavy atom. The lowest BCUT2D eigenvalue weighted by molar-refractivity contribution is 0.314. The van der Waals surface area contributed by atoms with Gasteiger partial charge < -0.3 is 4.98 Å². The van der Waals surface area contributed by atoms with E-state index in [-0.39, 0.29) is 0 Å². The van der Waals surface area contributed by atoms with Gasteiger partial charge in [0.1, 0.15) is 4.83 Å². The molecule has 0 saturated heterocycles. The monoisotopic (exact) mass is 345 g/mol. The Labute approximate surface area is 132 Å². The molecule has 0 saturated carbocycles. The molecular weight excluding hydrogens is 326 g/mol. The summed E-state index contributed by atoms with van der Waals surface area (Å²) in [6.45, 7) is 5.37. The van der Waals surface area contributed by atoms with Crippen LogP contribution >= 0.6 is 22.7 Å². The number of nitrogens with one attached hydrogen (secondary N) is 1. The number of fused-ring (bicyclic) bond motifs is 3. The summed E-state index contributed by atoms with van der Waals surface area (Å²) in [5.74, 6) is 0. The molecule has 21 heavy (non-hydrogen) atoms. The molecule has 0 atom stereocenters. The van der Waals surface area contributed by atoms with E-state index in [2.05, 4.69) is 32.1 Å². The second-order valence-corrected chi connectivity index (χ2v) is 8.81. The van der Waals surface area contributed by atoms with Gasteiger partial charge in [0.2, 0.25) is 0 Å². The van der Waals surface area contributed by atoms with Crippen molar-refractivity contribution >= 4 is 53.2 Å². The molecule has 3 heterocycles. The van der Waals surface area contributed by atoms with Crippen molar-refractivity contribution in [2.24, 2.45) is 0 Å². The predicted molar refractivity (Wildman–Crippen MR) is 91.9 cm³/mol. The van der Waals surface area contributed by atoms with Crippen molar-refractivity contribution < 1.29 is 12.6 Å². The molecule has 0 aliphatic heterocycles. The largest absolute Gasteiger partial charge is 0.346 e. The molecular formula is C14H19NO3S3. The van der Waals surface area contributed by atoms with E-state index in [4.69, 9.17) is 0 Å². The number of H-pyrrole nitrogens is 1. The highest BCUT2D eigenvalue weighted by atomic mass is 32.2. The fourth-order valence-electron chi connectivity index (χ4n) is 1.66. The summed E-state index contributed by atoms with van der Waals surface area (Å²) in [4.78, 5) is 4.66. The zero-order valence-electron chi connectivity index (χ0n) is 12.3. The van der Waals surface area contributed by atoms with E-state index in [0.29, 0.717) is 6.61 Å². The Balaban J connectivity index is 0.000000155. The van der Waals surface area contributed by atoms with Crippen molar-refractivity contribution in [1.29, 1.82) is 0 Å². The minimum Gasteiger partial charge on any atom is -0.346 e. The van der Waals surface area contributed by atoms with E-state index in [1.165, 1.54) is 20.4 Å². The number of rotatable bonds is 4. The van der Waals surface area contributed by atoms with Crippen LogP contribution in [-0.4, -0.2) is 25.3 Å². The van der Waals surface area contributed by atoms with Gasteiger partial charge >= 0.3 is 0 Å². The highest BCUT2D eigenvalue weighted by molar-refractivity contribution is 7.87. The van der Waals surface area contributed by atoms with Gasteiger partial charge in [-0.1, -0.05) is 6.92 Å². The third kappa shape index (κ3) is 3.85. The lowest BCUT2D eigenvalue weighted by atomic mass is 10.4. The lowest BCUT2D eigenvalue weighted by Crippen LogP contribution is -2.17. The minimum atomic E-state index is -3.26. The lowest BCUT2D eigenvalue weighted by Gasteiger charge is -2.05. The molecule has 3 aromatic heterocycles. The van der Waals surface area contributed by atoms with E-state index in [0.717, 1.165) is 6.42 Å². The number of aromatic amines is 1. The summed E-state index contributed by atoms with van der Waals surface area (Å²) in [7, 11) is -3.26. The topological polar surface area (TPSA) is 59.2 Å². The molecule has 0 bridgehead atoms. The highest BCUT2D eigenvalue weighted by Crippen LogP contribution is 2.32. The summed E-state index contributed by atoms with van der Waals surface area (Å²) in [5, 5.41) is 5.19. The maximum Gasteiger partial charge on any atom is 0.269 e. The smallest absolute Gasteiger partial charge is 0.269 e. The van der Waals surface area contributed by atoms with Crippen molar-refractivity contribution in [3.05, 3.63) is 22.9 Å². The predicted octanol–water partition coefficient (Wildman–Crippen LogP) is 4.60. The van der Waals surface area contributed by atoms with Gasteiger partial charge in [0.25, 0.3) is 10.1 Å².